The Kier molecular flexibility index (Phi) is 6.47. The molecule has 2 aromatic carbocycles. The Morgan fingerprint density at radius 2 is 1.79 bits per heavy atom. The molecule has 0 aromatic heterocycles. The summed E-state index contributed by atoms with van der Waals surface area (Å²) in [6, 6.07) is 8.40. The van der Waals surface area contributed by atoms with Crippen molar-refractivity contribution in [2.75, 3.05) is 33.4 Å². The monoisotopic (exact) mass is 445 g/mol. The van der Waals surface area contributed by atoms with Crippen LogP contribution >= 0.6 is 23.2 Å². The average Bonchev–Trinajstić information content (AvgIpc) is 2.70. The number of morpholine rings is 1. The molecule has 1 saturated heterocycles. The number of halogens is 2. The number of methoxy groups -OCH3 is 1. The molecular formula is C18H17Cl2NO6S. The molecule has 1 aliphatic rings. The van der Waals surface area contributed by atoms with Gasteiger partial charge in [0.2, 0.25) is 10.0 Å². The second-order valence-corrected chi connectivity index (χ2v) is 8.60. The summed E-state index contributed by atoms with van der Waals surface area (Å²) >= 11 is 11.8. The summed E-state index contributed by atoms with van der Waals surface area (Å²) in [5.74, 6) is -0.428. The molecule has 0 aliphatic carbocycles. The van der Waals surface area contributed by atoms with E-state index in [0.717, 1.165) is 0 Å². The number of ether oxygens (including phenoxy) is 3. The molecule has 10 heteroatoms. The van der Waals surface area contributed by atoms with E-state index in [1.807, 2.05) is 0 Å². The second kappa shape index (κ2) is 8.67. The van der Waals surface area contributed by atoms with Gasteiger partial charge in [-0.3, -0.25) is 0 Å². The first-order valence-electron chi connectivity index (χ1n) is 8.26. The number of hydrogen-bond acceptors (Lipinski definition) is 6. The molecule has 0 N–H and O–H groups in total. The van der Waals surface area contributed by atoms with Crippen LogP contribution in [-0.2, 0) is 14.8 Å². The Balaban J connectivity index is 1.92. The summed E-state index contributed by atoms with van der Waals surface area (Å²) in [6.45, 7) is 1.14. The Morgan fingerprint density at radius 3 is 2.43 bits per heavy atom. The zero-order valence-electron chi connectivity index (χ0n) is 14.9. The number of benzene rings is 2. The molecule has 1 fully saturated rings. The van der Waals surface area contributed by atoms with E-state index < -0.39 is 16.0 Å². The number of carbonyl (C=O) groups is 1. The lowest BCUT2D eigenvalue weighted by Gasteiger charge is -2.26. The lowest BCUT2D eigenvalue weighted by Crippen LogP contribution is -2.40. The number of sulfonamides is 1. The van der Waals surface area contributed by atoms with Gasteiger partial charge < -0.3 is 14.2 Å². The summed E-state index contributed by atoms with van der Waals surface area (Å²) in [6.07, 6.45) is 0. The van der Waals surface area contributed by atoms with E-state index in [0.29, 0.717) is 18.2 Å². The second-order valence-electron chi connectivity index (χ2n) is 5.84. The highest BCUT2D eigenvalue weighted by molar-refractivity contribution is 7.89. The van der Waals surface area contributed by atoms with Gasteiger partial charge in [0.1, 0.15) is 17.1 Å². The molecule has 0 atom stereocenters. The molecule has 0 unspecified atom stereocenters. The van der Waals surface area contributed by atoms with E-state index in [4.69, 9.17) is 37.4 Å². The summed E-state index contributed by atoms with van der Waals surface area (Å²) in [5.41, 5.74) is -0.0251. The van der Waals surface area contributed by atoms with Crippen LogP contribution in [0.25, 0.3) is 0 Å². The summed E-state index contributed by atoms with van der Waals surface area (Å²) in [7, 11) is -2.40. The van der Waals surface area contributed by atoms with Gasteiger partial charge in [-0.25, -0.2) is 13.2 Å². The van der Waals surface area contributed by atoms with Crippen molar-refractivity contribution in [3.05, 3.63) is 52.0 Å². The van der Waals surface area contributed by atoms with Crippen LogP contribution in [0.5, 0.6) is 11.5 Å². The number of carbonyl (C=O) groups excluding carboxylic acids is 1. The Labute approximate surface area is 172 Å². The molecule has 7 nitrogen and oxygen atoms in total. The summed E-state index contributed by atoms with van der Waals surface area (Å²) in [5, 5.41) is 0.542. The normalized spacial score (nSPS) is 15.2. The van der Waals surface area contributed by atoms with Crippen molar-refractivity contribution in [3.63, 3.8) is 0 Å². The Morgan fingerprint density at radius 1 is 1.07 bits per heavy atom. The van der Waals surface area contributed by atoms with E-state index >= 15 is 0 Å². The van der Waals surface area contributed by atoms with Crippen LogP contribution in [0.4, 0.5) is 0 Å². The molecule has 1 aliphatic heterocycles. The highest BCUT2D eigenvalue weighted by Gasteiger charge is 2.28. The lowest BCUT2D eigenvalue weighted by atomic mass is 10.2. The third kappa shape index (κ3) is 4.42. The number of hydrogen-bond donors (Lipinski definition) is 0. The van der Waals surface area contributed by atoms with Gasteiger partial charge in [-0.05, 0) is 30.3 Å². The van der Waals surface area contributed by atoms with Gasteiger partial charge in [-0.15, -0.1) is 0 Å². The van der Waals surface area contributed by atoms with Crippen molar-refractivity contribution in [3.8, 4) is 11.5 Å². The minimum absolute atomic E-state index is 0.0251. The van der Waals surface area contributed by atoms with Crippen LogP contribution in [0.1, 0.15) is 10.4 Å². The summed E-state index contributed by atoms with van der Waals surface area (Å²) < 4.78 is 42.7. The van der Waals surface area contributed by atoms with Crippen molar-refractivity contribution in [2.24, 2.45) is 0 Å². The summed E-state index contributed by atoms with van der Waals surface area (Å²) in [4.78, 5) is 12.6. The maximum Gasteiger partial charge on any atom is 0.347 e. The van der Waals surface area contributed by atoms with Gasteiger partial charge in [-0.2, -0.15) is 4.31 Å². The predicted octanol–water partition coefficient (Wildman–Crippen LogP) is 3.24. The number of esters is 1. The number of rotatable bonds is 5. The third-order valence-electron chi connectivity index (χ3n) is 4.10. The van der Waals surface area contributed by atoms with Crippen molar-refractivity contribution in [1.82, 2.24) is 4.31 Å². The first-order chi connectivity index (χ1) is 13.3. The number of nitrogens with zero attached hydrogens (tertiary/aromatic N) is 1. The topological polar surface area (TPSA) is 82.1 Å². The van der Waals surface area contributed by atoms with Crippen LogP contribution in [0.3, 0.4) is 0 Å². The molecule has 2 aromatic rings. The van der Waals surface area contributed by atoms with Crippen LogP contribution in [0, 0.1) is 0 Å². The van der Waals surface area contributed by atoms with E-state index in [-0.39, 0.29) is 40.1 Å². The third-order valence-corrected chi connectivity index (χ3v) is 6.73. The van der Waals surface area contributed by atoms with Crippen LogP contribution < -0.4 is 9.47 Å². The van der Waals surface area contributed by atoms with Gasteiger partial charge in [0.05, 0.1) is 35.3 Å². The molecule has 0 spiro atoms. The van der Waals surface area contributed by atoms with E-state index in [9.17, 15) is 13.2 Å². The van der Waals surface area contributed by atoms with Crippen molar-refractivity contribution in [1.29, 1.82) is 0 Å². The standard InChI is InChI=1S/C18H17Cl2NO6S/c1-25-17-5-3-13(28(23,24)21-6-8-26-9-7-21)11-14(17)18(22)27-12-2-4-15(19)16(20)10-12/h2-5,10-11H,6-9H2,1H3. The largest absolute Gasteiger partial charge is 0.496 e. The molecule has 1 heterocycles. The lowest BCUT2D eigenvalue weighted by molar-refractivity contribution is 0.0725. The molecular weight excluding hydrogens is 429 g/mol. The van der Waals surface area contributed by atoms with Gasteiger partial charge in [0.25, 0.3) is 0 Å². The molecule has 0 radical (unpaired) electrons. The minimum atomic E-state index is -3.78. The van der Waals surface area contributed by atoms with Gasteiger partial charge in [-0.1, -0.05) is 23.2 Å². The van der Waals surface area contributed by atoms with Crippen LogP contribution in [-0.4, -0.2) is 52.1 Å². The van der Waals surface area contributed by atoms with Gasteiger partial charge >= 0.3 is 5.97 Å². The fraction of sp³-hybridized carbons (Fsp3) is 0.278. The molecule has 0 saturated carbocycles. The first kappa shape index (κ1) is 20.9. The molecule has 3 rings (SSSR count). The predicted molar refractivity (Wildman–Crippen MR) is 104 cm³/mol. The molecule has 28 heavy (non-hydrogen) atoms. The first-order valence-corrected chi connectivity index (χ1v) is 10.5. The van der Waals surface area contributed by atoms with Crippen molar-refractivity contribution in [2.45, 2.75) is 4.90 Å². The highest BCUT2D eigenvalue weighted by Crippen LogP contribution is 2.29. The Bertz CT molecular complexity index is 990. The maximum atomic E-state index is 12.8. The highest BCUT2D eigenvalue weighted by atomic mass is 35.5. The van der Waals surface area contributed by atoms with E-state index in [1.54, 1.807) is 0 Å². The average molecular weight is 446 g/mol. The zero-order chi connectivity index (χ0) is 20.3. The molecule has 0 amide bonds. The van der Waals surface area contributed by atoms with Crippen molar-refractivity contribution < 1.29 is 27.4 Å². The zero-order valence-corrected chi connectivity index (χ0v) is 17.2. The SMILES string of the molecule is COc1ccc(S(=O)(=O)N2CCOCC2)cc1C(=O)Oc1ccc(Cl)c(Cl)c1. The quantitative estimate of drug-likeness (QED) is 0.518. The van der Waals surface area contributed by atoms with E-state index in [1.165, 1.54) is 47.8 Å². The van der Waals surface area contributed by atoms with Gasteiger partial charge in [0.15, 0.2) is 0 Å². The van der Waals surface area contributed by atoms with Crippen LogP contribution in [0.2, 0.25) is 10.0 Å². The smallest absolute Gasteiger partial charge is 0.347 e. The molecule has 150 valence electrons. The van der Waals surface area contributed by atoms with Gasteiger partial charge in [0, 0.05) is 19.2 Å². The van der Waals surface area contributed by atoms with Crippen molar-refractivity contribution >= 4 is 39.2 Å². The fourth-order valence-electron chi connectivity index (χ4n) is 2.65. The molecule has 0 bridgehead atoms. The Hall–Kier alpha value is -1.84. The van der Waals surface area contributed by atoms with Crippen LogP contribution in [0.15, 0.2) is 41.3 Å². The minimum Gasteiger partial charge on any atom is -0.496 e. The van der Waals surface area contributed by atoms with E-state index in [2.05, 4.69) is 0 Å². The maximum absolute atomic E-state index is 12.8. The fourth-order valence-corrected chi connectivity index (χ4v) is 4.37.